The van der Waals surface area contributed by atoms with Gasteiger partial charge < -0.3 is 10.6 Å². The van der Waals surface area contributed by atoms with Gasteiger partial charge in [0, 0.05) is 35.9 Å². The van der Waals surface area contributed by atoms with Gasteiger partial charge in [0.05, 0.1) is 5.69 Å². The first-order valence-electron chi connectivity index (χ1n) is 7.51. The average molecular weight is 299 g/mol. The molecule has 0 atom stereocenters. The molecule has 0 saturated heterocycles. The Bertz CT molecular complexity index is 585. The zero-order chi connectivity index (χ0) is 16.2. The van der Waals surface area contributed by atoms with Gasteiger partial charge in [-0.2, -0.15) is 0 Å². The summed E-state index contributed by atoms with van der Waals surface area (Å²) in [5, 5.41) is 6.75. The Kier molecular flexibility index (Phi) is 4.64. The monoisotopic (exact) mass is 299 g/mol. The number of pyridine rings is 1. The molecule has 0 aliphatic carbocycles. The third-order valence-electron chi connectivity index (χ3n) is 2.98. The number of aromatic nitrogens is 3. The number of hydrogen-bond donors (Lipinski definition) is 2. The van der Waals surface area contributed by atoms with Gasteiger partial charge in [0.2, 0.25) is 5.95 Å². The summed E-state index contributed by atoms with van der Waals surface area (Å²) < 4.78 is 0. The standard InChI is InChI=1S/C17H25N5/c1-16(2,3)22-15-19-10-13(11-20-15)9-17(4,5)21-14-7-6-8-18-12-14/h6-8,10-12,21H,9H2,1-5H3,(H,19,20,22). The minimum Gasteiger partial charge on any atom is -0.379 e. The number of hydrogen-bond acceptors (Lipinski definition) is 5. The lowest BCUT2D eigenvalue weighted by atomic mass is 9.96. The van der Waals surface area contributed by atoms with E-state index in [1.54, 1.807) is 6.20 Å². The third-order valence-corrected chi connectivity index (χ3v) is 2.98. The molecule has 22 heavy (non-hydrogen) atoms. The van der Waals surface area contributed by atoms with Gasteiger partial charge in [0.1, 0.15) is 0 Å². The highest BCUT2D eigenvalue weighted by Gasteiger charge is 2.19. The molecular weight excluding hydrogens is 274 g/mol. The molecule has 0 saturated carbocycles. The van der Waals surface area contributed by atoms with Gasteiger partial charge >= 0.3 is 0 Å². The first-order valence-corrected chi connectivity index (χ1v) is 7.51. The fourth-order valence-corrected chi connectivity index (χ4v) is 2.23. The fraction of sp³-hybridized carbons (Fsp3) is 0.471. The molecule has 0 aliphatic rings. The minimum absolute atomic E-state index is 0.0390. The molecular formula is C17H25N5. The zero-order valence-electron chi connectivity index (χ0n) is 14.0. The van der Waals surface area contributed by atoms with E-state index in [1.165, 1.54) is 0 Å². The van der Waals surface area contributed by atoms with Gasteiger partial charge in [-0.25, -0.2) is 9.97 Å². The predicted octanol–water partition coefficient (Wildman–Crippen LogP) is 3.52. The van der Waals surface area contributed by atoms with Crippen molar-refractivity contribution in [1.82, 2.24) is 15.0 Å². The van der Waals surface area contributed by atoms with Crippen LogP contribution in [0.25, 0.3) is 0 Å². The lowest BCUT2D eigenvalue weighted by molar-refractivity contribution is 0.561. The quantitative estimate of drug-likeness (QED) is 0.884. The van der Waals surface area contributed by atoms with Crippen molar-refractivity contribution in [3.8, 4) is 0 Å². The van der Waals surface area contributed by atoms with Gasteiger partial charge in [-0.1, -0.05) is 0 Å². The third kappa shape index (κ3) is 5.31. The van der Waals surface area contributed by atoms with E-state index in [4.69, 9.17) is 0 Å². The van der Waals surface area contributed by atoms with E-state index >= 15 is 0 Å². The zero-order valence-corrected chi connectivity index (χ0v) is 14.0. The van der Waals surface area contributed by atoms with Gasteiger partial charge in [-0.05, 0) is 58.7 Å². The molecule has 2 rings (SSSR count). The normalized spacial score (nSPS) is 12.0. The average Bonchev–Trinajstić information content (AvgIpc) is 2.39. The van der Waals surface area contributed by atoms with Crippen molar-refractivity contribution in [2.45, 2.75) is 52.1 Å². The molecule has 0 unspecified atom stereocenters. The molecule has 2 aromatic heterocycles. The largest absolute Gasteiger partial charge is 0.379 e. The van der Waals surface area contributed by atoms with Crippen molar-refractivity contribution in [2.24, 2.45) is 0 Å². The Hall–Kier alpha value is -2.17. The fourth-order valence-electron chi connectivity index (χ4n) is 2.23. The van der Waals surface area contributed by atoms with Gasteiger partial charge in [-0.3, -0.25) is 4.98 Å². The topological polar surface area (TPSA) is 62.7 Å². The number of nitrogens with one attached hydrogen (secondary N) is 2. The summed E-state index contributed by atoms with van der Waals surface area (Å²) in [5.41, 5.74) is 1.97. The first kappa shape index (κ1) is 16.2. The van der Waals surface area contributed by atoms with Crippen molar-refractivity contribution in [3.05, 3.63) is 42.5 Å². The number of rotatable bonds is 5. The van der Waals surface area contributed by atoms with Crippen molar-refractivity contribution in [2.75, 3.05) is 10.6 Å². The van der Waals surface area contributed by atoms with Crippen LogP contribution in [0.3, 0.4) is 0 Å². The van der Waals surface area contributed by atoms with Crippen molar-refractivity contribution in [1.29, 1.82) is 0 Å². The summed E-state index contributed by atoms with van der Waals surface area (Å²) in [6, 6.07) is 3.94. The van der Waals surface area contributed by atoms with Crippen LogP contribution >= 0.6 is 0 Å². The molecule has 0 fully saturated rings. The van der Waals surface area contributed by atoms with Gasteiger partial charge in [-0.15, -0.1) is 0 Å². The summed E-state index contributed by atoms with van der Waals surface area (Å²) in [5.74, 6) is 0.661. The highest BCUT2D eigenvalue weighted by molar-refractivity contribution is 5.42. The van der Waals surface area contributed by atoms with E-state index in [-0.39, 0.29) is 11.1 Å². The Labute approximate surface area is 132 Å². The van der Waals surface area contributed by atoms with Crippen LogP contribution < -0.4 is 10.6 Å². The maximum Gasteiger partial charge on any atom is 0.222 e. The highest BCUT2D eigenvalue weighted by Crippen LogP contribution is 2.19. The van der Waals surface area contributed by atoms with Crippen LogP contribution in [0.1, 0.15) is 40.2 Å². The molecule has 0 aromatic carbocycles. The van der Waals surface area contributed by atoms with E-state index in [9.17, 15) is 0 Å². The lowest BCUT2D eigenvalue weighted by Gasteiger charge is -2.27. The molecule has 5 nitrogen and oxygen atoms in total. The summed E-state index contributed by atoms with van der Waals surface area (Å²) in [7, 11) is 0. The Morgan fingerprint density at radius 1 is 0.955 bits per heavy atom. The van der Waals surface area contributed by atoms with Crippen LogP contribution in [0.5, 0.6) is 0 Å². The molecule has 0 bridgehead atoms. The van der Waals surface area contributed by atoms with E-state index < -0.39 is 0 Å². The van der Waals surface area contributed by atoms with Crippen molar-refractivity contribution < 1.29 is 0 Å². The first-order chi connectivity index (χ1) is 10.2. The number of anilines is 2. The molecule has 0 amide bonds. The van der Waals surface area contributed by atoms with Crippen molar-refractivity contribution in [3.63, 3.8) is 0 Å². The van der Waals surface area contributed by atoms with Gasteiger partial charge in [0.15, 0.2) is 0 Å². The molecule has 2 heterocycles. The van der Waals surface area contributed by atoms with Crippen molar-refractivity contribution >= 4 is 11.6 Å². The van der Waals surface area contributed by atoms with Crippen LogP contribution in [-0.2, 0) is 6.42 Å². The summed E-state index contributed by atoms with van der Waals surface area (Å²) in [4.78, 5) is 12.9. The summed E-state index contributed by atoms with van der Waals surface area (Å²) in [6.45, 7) is 10.6. The molecule has 0 spiro atoms. The highest BCUT2D eigenvalue weighted by atomic mass is 15.1. The Morgan fingerprint density at radius 2 is 1.64 bits per heavy atom. The summed E-state index contributed by atoms with van der Waals surface area (Å²) in [6.07, 6.45) is 8.20. The Balaban J connectivity index is 2.00. The maximum absolute atomic E-state index is 4.39. The van der Waals surface area contributed by atoms with Crippen LogP contribution in [-0.4, -0.2) is 26.0 Å². The molecule has 2 N–H and O–H groups in total. The molecule has 118 valence electrons. The predicted molar refractivity (Wildman–Crippen MR) is 91.1 cm³/mol. The Morgan fingerprint density at radius 3 is 2.18 bits per heavy atom. The molecule has 0 aliphatic heterocycles. The van der Waals surface area contributed by atoms with Crippen LogP contribution in [0.4, 0.5) is 11.6 Å². The van der Waals surface area contributed by atoms with Crippen LogP contribution in [0.15, 0.2) is 36.9 Å². The molecule has 0 radical (unpaired) electrons. The second-order valence-corrected chi connectivity index (χ2v) is 7.22. The summed E-state index contributed by atoms with van der Waals surface area (Å²) >= 11 is 0. The van der Waals surface area contributed by atoms with E-state index in [1.807, 2.05) is 30.7 Å². The molecule has 5 heteroatoms. The minimum atomic E-state index is -0.106. The maximum atomic E-state index is 4.39. The van der Waals surface area contributed by atoms with E-state index in [2.05, 4.69) is 60.2 Å². The smallest absolute Gasteiger partial charge is 0.222 e. The molecule has 2 aromatic rings. The second kappa shape index (κ2) is 6.30. The van der Waals surface area contributed by atoms with E-state index in [0.29, 0.717) is 5.95 Å². The van der Waals surface area contributed by atoms with Gasteiger partial charge in [0.25, 0.3) is 0 Å². The van der Waals surface area contributed by atoms with Crippen LogP contribution in [0, 0.1) is 0 Å². The SMILES string of the molecule is CC(C)(C)Nc1ncc(CC(C)(C)Nc2cccnc2)cn1. The second-order valence-electron chi connectivity index (χ2n) is 7.22. The lowest BCUT2D eigenvalue weighted by Crippen LogP contribution is -2.33. The van der Waals surface area contributed by atoms with E-state index in [0.717, 1.165) is 17.7 Å². The number of nitrogens with zero attached hydrogens (tertiary/aromatic N) is 3. The van der Waals surface area contributed by atoms with Crippen LogP contribution in [0.2, 0.25) is 0 Å².